The molecule has 0 spiro atoms. The Labute approximate surface area is 176 Å². The fourth-order valence-corrected chi connectivity index (χ4v) is 3.43. The molecule has 1 amide bonds. The fourth-order valence-electron chi connectivity index (χ4n) is 3.43. The number of benzene rings is 2. The van der Waals surface area contributed by atoms with Crippen LogP contribution in [-0.2, 0) is 22.4 Å². The van der Waals surface area contributed by atoms with Gasteiger partial charge in [0, 0.05) is 18.4 Å². The molecule has 0 bridgehead atoms. The molecule has 0 radical (unpaired) electrons. The topological polar surface area (TPSA) is 79.3 Å². The molecule has 0 aliphatic heterocycles. The summed E-state index contributed by atoms with van der Waals surface area (Å²) in [6.45, 7) is 1.67. The zero-order valence-corrected chi connectivity index (χ0v) is 17.0. The van der Waals surface area contributed by atoms with Gasteiger partial charge in [-0.25, -0.2) is 0 Å². The van der Waals surface area contributed by atoms with Gasteiger partial charge in [0.05, 0.1) is 12.3 Å². The van der Waals surface area contributed by atoms with E-state index in [9.17, 15) is 14.7 Å². The van der Waals surface area contributed by atoms with Gasteiger partial charge in [-0.1, -0.05) is 61.5 Å². The number of rotatable bonds is 9. The van der Waals surface area contributed by atoms with Crippen molar-refractivity contribution >= 4 is 11.9 Å². The molecule has 0 fully saturated rings. The maximum Gasteiger partial charge on any atom is 0.306 e. The first-order valence-electron chi connectivity index (χ1n) is 10.1. The predicted molar refractivity (Wildman–Crippen MR) is 117 cm³/mol. The zero-order valence-electron chi connectivity index (χ0n) is 17.0. The van der Waals surface area contributed by atoms with E-state index in [4.69, 9.17) is 0 Å². The van der Waals surface area contributed by atoms with Crippen molar-refractivity contribution in [2.45, 2.75) is 32.2 Å². The van der Waals surface area contributed by atoms with Crippen LogP contribution in [0.1, 0.15) is 24.5 Å². The van der Waals surface area contributed by atoms with Crippen LogP contribution in [0.25, 0.3) is 11.1 Å². The highest BCUT2D eigenvalue weighted by molar-refractivity contribution is 5.79. The normalized spacial score (nSPS) is 12.7. The van der Waals surface area contributed by atoms with E-state index in [1.54, 1.807) is 31.5 Å². The van der Waals surface area contributed by atoms with Crippen LogP contribution in [-0.4, -0.2) is 28.0 Å². The van der Waals surface area contributed by atoms with E-state index in [-0.39, 0.29) is 18.4 Å². The molecule has 1 heterocycles. The molecule has 2 atom stereocenters. The summed E-state index contributed by atoms with van der Waals surface area (Å²) in [4.78, 5) is 27.8. The second-order valence-electron chi connectivity index (χ2n) is 7.54. The molecule has 1 aromatic heterocycles. The molecule has 2 aromatic carbocycles. The van der Waals surface area contributed by atoms with Gasteiger partial charge in [0.2, 0.25) is 5.91 Å². The molecule has 3 rings (SSSR count). The van der Waals surface area contributed by atoms with E-state index in [1.165, 1.54) is 0 Å². The number of carboxylic acid groups (broad SMARTS) is 1. The highest BCUT2D eigenvalue weighted by atomic mass is 16.4. The molecule has 154 valence electrons. The Morgan fingerprint density at radius 1 is 0.900 bits per heavy atom. The quantitative estimate of drug-likeness (QED) is 0.564. The number of hydrogen-bond acceptors (Lipinski definition) is 3. The van der Waals surface area contributed by atoms with Gasteiger partial charge in [-0.05, 0) is 47.2 Å². The Morgan fingerprint density at radius 3 is 2.17 bits per heavy atom. The van der Waals surface area contributed by atoms with E-state index < -0.39 is 11.9 Å². The number of pyridine rings is 1. The first kappa shape index (κ1) is 21.2. The minimum atomic E-state index is -0.859. The number of aromatic nitrogens is 1. The van der Waals surface area contributed by atoms with Crippen LogP contribution in [0.2, 0.25) is 0 Å². The molecular formula is C25H26N2O3. The summed E-state index contributed by atoms with van der Waals surface area (Å²) >= 11 is 0. The molecule has 0 aliphatic rings. The molecule has 3 aromatic rings. The fraction of sp³-hybridized carbons (Fsp3) is 0.240. The first-order valence-corrected chi connectivity index (χ1v) is 10.1. The standard InChI is InChI=1S/C25H26N2O3/c1-18(25(29)30)15-23(27-24(28)17-20-11-13-26-14-12-20)16-19-7-9-22(10-8-19)21-5-3-2-4-6-21/h2-14,18,23H,15-17H2,1H3,(H,27,28)(H,29,30)/t18-,23?/m1/s1. The number of carboxylic acids is 1. The smallest absolute Gasteiger partial charge is 0.306 e. The van der Waals surface area contributed by atoms with Crippen molar-refractivity contribution in [2.75, 3.05) is 0 Å². The van der Waals surface area contributed by atoms with Crippen LogP contribution in [0.3, 0.4) is 0 Å². The lowest BCUT2D eigenvalue weighted by Crippen LogP contribution is -2.39. The Morgan fingerprint density at radius 2 is 1.53 bits per heavy atom. The number of nitrogens with zero attached hydrogens (tertiary/aromatic N) is 1. The Hall–Kier alpha value is -3.47. The van der Waals surface area contributed by atoms with Crippen molar-refractivity contribution < 1.29 is 14.7 Å². The number of carbonyl (C=O) groups excluding carboxylic acids is 1. The van der Waals surface area contributed by atoms with Crippen molar-refractivity contribution in [2.24, 2.45) is 5.92 Å². The number of nitrogens with one attached hydrogen (secondary N) is 1. The Bertz CT molecular complexity index is 957. The first-order chi connectivity index (χ1) is 14.5. The molecule has 30 heavy (non-hydrogen) atoms. The van der Waals surface area contributed by atoms with Crippen LogP contribution in [0.15, 0.2) is 79.1 Å². The van der Waals surface area contributed by atoms with Gasteiger partial charge < -0.3 is 10.4 Å². The van der Waals surface area contributed by atoms with Crippen LogP contribution in [0.5, 0.6) is 0 Å². The molecule has 5 nitrogen and oxygen atoms in total. The van der Waals surface area contributed by atoms with E-state index in [1.807, 2.05) is 30.3 Å². The second kappa shape index (κ2) is 10.3. The lowest BCUT2D eigenvalue weighted by molar-refractivity contribution is -0.141. The average molecular weight is 402 g/mol. The monoisotopic (exact) mass is 402 g/mol. The third-order valence-corrected chi connectivity index (χ3v) is 5.08. The highest BCUT2D eigenvalue weighted by Crippen LogP contribution is 2.20. The maximum atomic E-state index is 12.5. The molecule has 2 N–H and O–H groups in total. The predicted octanol–water partition coefficient (Wildman–Crippen LogP) is 4.13. The zero-order chi connectivity index (χ0) is 21.3. The van der Waals surface area contributed by atoms with Gasteiger partial charge in [-0.15, -0.1) is 0 Å². The lowest BCUT2D eigenvalue weighted by atomic mass is 9.94. The lowest BCUT2D eigenvalue weighted by Gasteiger charge is -2.21. The number of amides is 1. The molecule has 0 saturated carbocycles. The van der Waals surface area contributed by atoms with Gasteiger partial charge in [0.25, 0.3) is 0 Å². The van der Waals surface area contributed by atoms with Crippen LogP contribution >= 0.6 is 0 Å². The minimum Gasteiger partial charge on any atom is -0.481 e. The largest absolute Gasteiger partial charge is 0.481 e. The average Bonchev–Trinajstić information content (AvgIpc) is 2.75. The summed E-state index contributed by atoms with van der Waals surface area (Å²) in [7, 11) is 0. The Kier molecular flexibility index (Phi) is 7.33. The second-order valence-corrected chi connectivity index (χ2v) is 7.54. The van der Waals surface area contributed by atoms with E-state index in [0.29, 0.717) is 12.8 Å². The number of hydrogen-bond donors (Lipinski definition) is 2. The number of aliphatic carboxylic acids is 1. The summed E-state index contributed by atoms with van der Waals surface area (Å²) in [6.07, 6.45) is 4.50. The summed E-state index contributed by atoms with van der Waals surface area (Å²) in [5.74, 6) is -1.52. The van der Waals surface area contributed by atoms with Crippen molar-refractivity contribution in [1.29, 1.82) is 0 Å². The molecule has 5 heteroatoms. The van der Waals surface area contributed by atoms with Crippen molar-refractivity contribution in [3.63, 3.8) is 0 Å². The van der Waals surface area contributed by atoms with E-state index >= 15 is 0 Å². The Balaban J connectivity index is 1.68. The van der Waals surface area contributed by atoms with Crippen LogP contribution < -0.4 is 5.32 Å². The molecular weight excluding hydrogens is 376 g/mol. The SMILES string of the molecule is C[C@H](CC(Cc1ccc(-c2ccccc2)cc1)NC(=O)Cc1ccncc1)C(=O)O. The van der Waals surface area contributed by atoms with E-state index in [0.717, 1.165) is 22.3 Å². The summed E-state index contributed by atoms with van der Waals surface area (Å²) in [5.41, 5.74) is 4.20. The van der Waals surface area contributed by atoms with Gasteiger partial charge in [-0.3, -0.25) is 14.6 Å². The molecule has 1 unspecified atom stereocenters. The van der Waals surface area contributed by atoms with Crippen LogP contribution in [0.4, 0.5) is 0 Å². The van der Waals surface area contributed by atoms with Gasteiger partial charge in [-0.2, -0.15) is 0 Å². The van der Waals surface area contributed by atoms with Gasteiger partial charge in [0.15, 0.2) is 0 Å². The third-order valence-electron chi connectivity index (χ3n) is 5.08. The summed E-state index contributed by atoms with van der Waals surface area (Å²) < 4.78 is 0. The van der Waals surface area contributed by atoms with Gasteiger partial charge >= 0.3 is 5.97 Å². The van der Waals surface area contributed by atoms with Crippen molar-refractivity contribution in [3.05, 3.63) is 90.3 Å². The number of carbonyl (C=O) groups is 2. The van der Waals surface area contributed by atoms with E-state index in [2.05, 4.69) is 34.6 Å². The minimum absolute atomic E-state index is 0.121. The maximum absolute atomic E-state index is 12.5. The van der Waals surface area contributed by atoms with Crippen LogP contribution in [0, 0.1) is 5.92 Å². The molecule has 0 aliphatic carbocycles. The summed E-state index contributed by atoms with van der Waals surface area (Å²) in [5, 5.41) is 12.3. The molecule has 0 saturated heterocycles. The van der Waals surface area contributed by atoms with Gasteiger partial charge in [0.1, 0.15) is 0 Å². The summed E-state index contributed by atoms with van der Waals surface area (Å²) in [6, 6.07) is 21.7. The van der Waals surface area contributed by atoms with Crippen molar-refractivity contribution in [1.82, 2.24) is 10.3 Å². The van der Waals surface area contributed by atoms with Crippen molar-refractivity contribution in [3.8, 4) is 11.1 Å². The third kappa shape index (κ3) is 6.27. The highest BCUT2D eigenvalue weighted by Gasteiger charge is 2.20.